The second kappa shape index (κ2) is 8.27. The molecule has 23 heavy (non-hydrogen) atoms. The third-order valence-electron chi connectivity index (χ3n) is 3.75. The molecule has 1 aromatic rings. The molecule has 0 bridgehead atoms. The van der Waals surface area contributed by atoms with Gasteiger partial charge in [-0.3, -0.25) is 4.79 Å². The maximum atomic E-state index is 12.4. The Morgan fingerprint density at radius 2 is 1.78 bits per heavy atom. The van der Waals surface area contributed by atoms with Crippen molar-refractivity contribution < 1.29 is 23.0 Å². The standard InChI is InChI=1S/C18H26F2O3/c1-6-22-15(21)11-18(4,5)8-7-14-9-12(2)16(13(3)10-14)23-17(19)20/h9-10,17H,6-8,11H2,1-5H3. The van der Waals surface area contributed by atoms with Crippen molar-refractivity contribution in [2.75, 3.05) is 6.61 Å². The molecule has 0 N–H and O–H groups in total. The minimum atomic E-state index is -2.82. The molecule has 0 spiro atoms. The van der Waals surface area contributed by atoms with Crippen molar-refractivity contribution in [3.63, 3.8) is 0 Å². The van der Waals surface area contributed by atoms with E-state index in [2.05, 4.69) is 4.74 Å². The lowest BCUT2D eigenvalue weighted by Crippen LogP contribution is -2.19. The summed E-state index contributed by atoms with van der Waals surface area (Å²) >= 11 is 0. The molecule has 1 aromatic carbocycles. The van der Waals surface area contributed by atoms with Crippen molar-refractivity contribution in [2.24, 2.45) is 5.41 Å². The average Bonchev–Trinajstić information content (AvgIpc) is 2.40. The molecule has 5 heteroatoms. The molecule has 0 saturated heterocycles. The molecule has 1 rings (SSSR count). The van der Waals surface area contributed by atoms with Gasteiger partial charge in [0.2, 0.25) is 0 Å². The summed E-state index contributed by atoms with van der Waals surface area (Å²) in [6, 6.07) is 3.73. The van der Waals surface area contributed by atoms with Crippen LogP contribution in [0.1, 0.15) is 50.3 Å². The van der Waals surface area contributed by atoms with Crippen LogP contribution in [0.3, 0.4) is 0 Å². The Bertz CT molecular complexity index is 516. The van der Waals surface area contributed by atoms with Gasteiger partial charge in [-0.2, -0.15) is 8.78 Å². The van der Waals surface area contributed by atoms with E-state index < -0.39 is 6.61 Å². The summed E-state index contributed by atoms with van der Waals surface area (Å²) in [6.07, 6.45) is 1.94. The minimum absolute atomic E-state index is 0.174. The Hall–Kier alpha value is -1.65. The van der Waals surface area contributed by atoms with Crippen molar-refractivity contribution in [1.82, 2.24) is 0 Å². The number of alkyl halides is 2. The number of halogens is 2. The number of hydrogen-bond acceptors (Lipinski definition) is 3. The highest BCUT2D eigenvalue weighted by atomic mass is 19.3. The van der Waals surface area contributed by atoms with E-state index in [-0.39, 0.29) is 17.1 Å². The first-order chi connectivity index (χ1) is 10.6. The van der Waals surface area contributed by atoms with E-state index in [1.807, 2.05) is 26.0 Å². The van der Waals surface area contributed by atoms with E-state index in [0.717, 1.165) is 18.4 Å². The SMILES string of the molecule is CCOC(=O)CC(C)(C)CCc1cc(C)c(OC(F)F)c(C)c1. The lowest BCUT2D eigenvalue weighted by Gasteiger charge is -2.23. The maximum Gasteiger partial charge on any atom is 0.387 e. The van der Waals surface area contributed by atoms with Crippen molar-refractivity contribution in [2.45, 2.75) is 60.5 Å². The van der Waals surface area contributed by atoms with E-state index in [9.17, 15) is 13.6 Å². The number of ether oxygens (including phenoxy) is 2. The summed E-state index contributed by atoms with van der Waals surface area (Å²) in [5, 5.41) is 0. The zero-order chi connectivity index (χ0) is 17.6. The highest BCUT2D eigenvalue weighted by Crippen LogP contribution is 2.31. The molecule has 0 amide bonds. The first-order valence-corrected chi connectivity index (χ1v) is 7.85. The predicted molar refractivity (Wildman–Crippen MR) is 85.9 cm³/mol. The third kappa shape index (κ3) is 6.55. The van der Waals surface area contributed by atoms with Crippen molar-refractivity contribution in [3.05, 3.63) is 28.8 Å². The smallest absolute Gasteiger partial charge is 0.387 e. The summed E-state index contributed by atoms with van der Waals surface area (Å²) in [5.41, 5.74) is 2.28. The van der Waals surface area contributed by atoms with Gasteiger partial charge >= 0.3 is 12.6 Å². The quantitative estimate of drug-likeness (QED) is 0.642. The van der Waals surface area contributed by atoms with Crippen LogP contribution in [0.4, 0.5) is 8.78 Å². The molecule has 0 radical (unpaired) electrons. The van der Waals surface area contributed by atoms with Crippen LogP contribution in [0.25, 0.3) is 0 Å². The number of carbonyl (C=O) groups is 1. The molecular formula is C18H26F2O3. The zero-order valence-electron chi connectivity index (χ0n) is 14.5. The van der Waals surface area contributed by atoms with Crippen molar-refractivity contribution in [1.29, 1.82) is 0 Å². The first kappa shape index (κ1) is 19.4. The number of aryl methyl sites for hydroxylation is 3. The van der Waals surface area contributed by atoms with Crippen molar-refractivity contribution in [3.8, 4) is 5.75 Å². The molecule has 0 fully saturated rings. The second-order valence-electron chi connectivity index (χ2n) is 6.58. The van der Waals surface area contributed by atoms with Gasteiger partial charge in [0.05, 0.1) is 13.0 Å². The van der Waals surface area contributed by atoms with Crippen LogP contribution in [0.5, 0.6) is 5.75 Å². The van der Waals surface area contributed by atoms with Gasteiger partial charge in [-0.25, -0.2) is 0 Å². The summed E-state index contributed by atoms with van der Waals surface area (Å²) in [5.74, 6) is 0.0556. The van der Waals surface area contributed by atoms with Gasteiger partial charge in [0, 0.05) is 0 Å². The molecule has 0 heterocycles. The van der Waals surface area contributed by atoms with Gasteiger partial charge in [-0.05, 0) is 55.7 Å². The largest absolute Gasteiger partial charge is 0.466 e. The Morgan fingerprint density at radius 3 is 2.26 bits per heavy atom. The number of benzene rings is 1. The van der Waals surface area contributed by atoms with Crippen molar-refractivity contribution >= 4 is 5.97 Å². The fourth-order valence-corrected chi connectivity index (χ4v) is 2.63. The lowest BCUT2D eigenvalue weighted by molar-refractivity contribution is -0.145. The van der Waals surface area contributed by atoms with Gasteiger partial charge in [0.25, 0.3) is 0 Å². The van der Waals surface area contributed by atoms with E-state index in [4.69, 9.17) is 4.74 Å². The Morgan fingerprint density at radius 1 is 1.22 bits per heavy atom. The third-order valence-corrected chi connectivity index (χ3v) is 3.75. The van der Waals surface area contributed by atoms with Gasteiger partial charge in [-0.1, -0.05) is 26.0 Å². The van der Waals surface area contributed by atoms with Crippen LogP contribution in [0.2, 0.25) is 0 Å². The number of esters is 1. The molecule has 0 unspecified atom stereocenters. The highest BCUT2D eigenvalue weighted by molar-refractivity contribution is 5.70. The van der Waals surface area contributed by atoms with Crippen LogP contribution < -0.4 is 4.74 Å². The van der Waals surface area contributed by atoms with Crippen LogP contribution >= 0.6 is 0 Å². The molecule has 0 aromatic heterocycles. The number of rotatable bonds is 8. The summed E-state index contributed by atoms with van der Waals surface area (Å²) in [7, 11) is 0. The lowest BCUT2D eigenvalue weighted by atomic mass is 9.83. The Balaban J connectivity index is 2.73. The van der Waals surface area contributed by atoms with Gasteiger partial charge in [-0.15, -0.1) is 0 Å². The summed E-state index contributed by atoms with van der Waals surface area (Å²) in [6.45, 7) is 6.94. The molecule has 0 aliphatic rings. The van der Waals surface area contributed by atoms with E-state index >= 15 is 0 Å². The van der Waals surface area contributed by atoms with E-state index in [0.29, 0.717) is 24.2 Å². The topological polar surface area (TPSA) is 35.5 Å². The molecule has 0 aliphatic heterocycles. The maximum absolute atomic E-state index is 12.4. The Kier molecular flexibility index (Phi) is 6.98. The van der Waals surface area contributed by atoms with Crippen LogP contribution in [-0.4, -0.2) is 19.2 Å². The van der Waals surface area contributed by atoms with E-state index in [1.54, 1.807) is 20.8 Å². The Labute approximate surface area is 137 Å². The zero-order valence-corrected chi connectivity index (χ0v) is 14.5. The molecule has 0 atom stereocenters. The van der Waals surface area contributed by atoms with Crippen LogP contribution in [-0.2, 0) is 16.0 Å². The molecular weight excluding hydrogens is 302 g/mol. The van der Waals surface area contributed by atoms with Gasteiger partial charge < -0.3 is 9.47 Å². The highest BCUT2D eigenvalue weighted by Gasteiger charge is 2.23. The number of carbonyl (C=O) groups excluding carboxylic acids is 1. The molecule has 0 aliphatic carbocycles. The molecule has 3 nitrogen and oxygen atoms in total. The monoisotopic (exact) mass is 328 g/mol. The minimum Gasteiger partial charge on any atom is -0.466 e. The predicted octanol–water partition coefficient (Wildman–Crippen LogP) is 4.82. The van der Waals surface area contributed by atoms with Crippen LogP contribution in [0.15, 0.2) is 12.1 Å². The molecule has 130 valence electrons. The first-order valence-electron chi connectivity index (χ1n) is 7.85. The summed E-state index contributed by atoms with van der Waals surface area (Å²) in [4.78, 5) is 11.6. The van der Waals surface area contributed by atoms with Crippen LogP contribution in [0, 0.1) is 19.3 Å². The summed E-state index contributed by atoms with van der Waals surface area (Å²) < 4.78 is 34.4. The van der Waals surface area contributed by atoms with E-state index in [1.165, 1.54) is 0 Å². The fourth-order valence-electron chi connectivity index (χ4n) is 2.63. The second-order valence-corrected chi connectivity index (χ2v) is 6.58. The van der Waals surface area contributed by atoms with Gasteiger partial charge in [0.1, 0.15) is 5.75 Å². The normalized spacial score (nSPS) is 11.7. The molecule has 0 saturated carbocycles. The average molecular weight is 328 g/mol. The van der Waals surface area contributed by atoms with Gasteiger partial charge in [0.15, 0.2) is 0 Å². The fraction of sp³-hybridized carbons (Fsp3) is 0.611. The number of hydrogen-bond donors (Lipinski definition) is 0.